The van der Waals surface area contributed by atoms with E-state index in [1.54, 1.807) is 0 Å². The van der Waals surface area contributed by atoms with Gasteiger partial charge in [-0.05, 0) is 43.2 Å². The van der Waals surface area contributed by atoms with Gasteiger partial charge >= 0.3 is 0 Å². The van der Waals surface area contributed by atoms with E-state index in [1.165, 1.54) is 5.56 Å². The predicted octanol–water partition coefficient (Wildman–Crippen LogP) is 3.07. The second-order valence-corrected chi connectivity index (χ2v) is 5.80. The first-order chi connectivity index (χ1) is 9.65. The Bertz CT molecular complexity index is 748. The zero-order valence-corrected chi connectivity index (χ0v) is 12.7. The molecule has 0 saturated heterocycles. The summed E-state index contributed by atoms with van der Waals surface area (Å²) in [6, 6.07) is 14.2. The Hall–Kier alpha value is -1.72. The van der Waals surface area contributed by atoms with Crippen LogP contribution < -0.4 is 5.73 Å². The van der Waals surface area contributed by atoms with Gasteiger partial charge in [-0.25, -0.2) is 4.68 Å². The molecule has 1 atom stereocenters. The normalized spacial score (nSPS) is 12.8. The fraction of sp³-hybridized carbons (Fsp3) is 0.200. The number of nitrogens with two attached hydrogens (primary N) is 1. The highest BCUT2D eigenvalue weighted by molar-refractivity contribution is 9.10. The molecule has 2 N–H and O–H groups in total. The van der Waals surface area contributed by atoms with E-state index in [0.717, 1.165) is 27.6 Å². The van der Waals surface area contributed by atoms with Gasteiger partial charge in [0.25, 0.3) is 0 Å². The minimum Gasteiger partial charge on any atom is -0.328 e. The molecule has 1 aromatic heterocycles. The number of nitrogens with zero attached hydrogens (tertiary/aromatic N) is 3. The van der Waals surface area contributed by atoms with E-state index in [2.05, 4.69) is 38.4 Å². The number of fused-ring (bicyclic) bond motifs is 1. The Labute approximate surface area is 125 Å². The van der Waals surface area contributed by atoms with Gasteiger partial charge in [0, 0.05) is 10.5 Å². The van der Waals surface area contributed by atoms with Gasteiger partial charge < -0.3 is 5.73 Å². The summed E-state index contributed by atoms with van der Waals surface area (Å²) in [6.45, 7) is 2.01. The van der Waals surface area contributed by atoms with Crippen LogP contribution in [0.5, 0.6) is 0 Å². The van der Waals surface area contributed by atoms with Gasteiger partial charge in [0.15, 0.2) is 0 Å². The minimum atomic E-state index is 0.143. The molecule has 3 aromatic rings. The van der Waals surface area contributed by atoms with E-state index in [1.807, 2.05) is 41.9 Å². The third-order valence-electron chi connectivity index (χ3n) is 3.17. The molecule has 2 aromatic carbocycles. The van der Waals surface area contributed by atoms with E-state index >= 15 is 0 Å². The van der Waals surface area contributed by atoms with Crippen LogP contribution in [0.15, 0.2) is 46.9 Å². The summed E-state index contributed by atoms with van der Waals surface area (Å²) in [5.41, 5.74) is 9.93. The first-order valence-electron chi connectivity index (χ1n) is 6.50. The Balaban J connectivity index is 2.04. The summed E-state index contributed by atoms with van der Waals surface area (Å²) < 4.78 is 2.89. The van der Waals surface area contributed by atoms with Gasteiger partial charge in [0.2, 0.25) is 0 Å². The van der Waals surface area contributed by atoms with Crippen LogP contribution in [0, 0.1) is 0 Å². The summed E-state index contributed by atoms with van der Waals surface area (Å²) in [5, 5.41) is 8.39. The molecule has 0 amide bonds. The Morgan fingerprint density at radius 3 is 2.80 bits per heavy atom. The lowest BCUT2D eigenvalue weighted by Gasteiger charge is -2.10. The van der Waals surface area contributed by atoms with Crippen molar-refractivity contribution >= 4 is 27.0 Å². The molecule has 0 aliphatic rings. The third-order valence-corrected chi connectivity index (χ3v) is 3.91. The van der Waals surface area contributed by atoms with Gasteiger partial charge in [-0.1, -0.05) is 39.3 Å². The number of para-hydroxylation sites is 1. The summed E-state index contributed by atoms with van der Waals surface area (Å²) in [4.78, 5) is 0. The minimum absolute atomic E-state index is 0.143. The number of hydrogen-bond donors (Lipinski definition) is 1. The van der Waals surface area contributed by atoms with Crippen LogP contribution in [0.2, 0.25) is 0 Å². The average Bonchev–Trinajstić information content (AvgIpc) is 2.84. The maximum Gasteiger partial charge on any atom is 0.113 e. The fourth-order valence-corrected chi connectivity index (χ4v) is 2.77. The van der Waals surface area contributed by atoms with E-state index in [4.69, 9.17) is 5.73 Å². The number of hydrogen-bond acceptors (Lipinski definition) is 3. The topological polar surface area (TPSA) is 56.7 Å². The first-order valence-corrected chi connectivity index (χ1v) is 7.29. The molecular formula is C15H15BrN4. The van der Waals surface area contributed by atoms with Gasteiger partial charge in [0.1, 0.15) is 5.52 Å². The lowest BCUT2D eigenvalue weighted by molar-refractivity contribution is 0.735. The highest BCUT2D eigenvalue weighted by Crippen LogP contribution is 2.23. The quantitative estimate of drug-likeness (QED) is 0.802. The zero-order chi connectivity index (χ0) is 14.1. The molecule has 0 saturated carbocycles. The van der Waals surface area contributed by atoms with E-state index < -0.39 is 0 Å². The van der Waals surface area contributed by atoms with Crippen LogP contribution in [0.1, 0.15) is 12.5 Å². The molecule has 0 spiro atoms. The van der Waals surface area contributed by atoms with Gasteiger partial charge in [-0.15, -0.1) is 5.10 Å². The van der Waals surface area contributed by atoms with Crippen molar-refractivity contribution in [1.82, 2.24) is 15.0 Å². The van der Waals surface area contributed by atoms with Gasteiger partial charge in [-0.2, -0.15) is 0 Å². The van der Waals surface area contributed by atoms with Crippen LogP contribution in [0.4, 0.5) is 0 Å². The summed E-state index contributed by atoms with van der Waals surface area (Å²) in [7, 11) is 0. The lowest BCUT2D eigenvalue weighted by atomic mass is 10.1. The second kappa shape index (κ2) is 5.34. The zero-order valence-electron chi connectivity index (χ0n) is 11.1. The highest BCUT2D eigenvalue weighted by Gasteiger charge is 2.09. The Kier molecular flexibility index (Phi) is 3.54. The monoisotopic (exact) mass is 330 g/mol. The SMILES string of the molecule is CC(N)Cc1ccc(-n2nnc3ccccc32)cc1Br. The van der Waals surface area contributed by atoms with Crippen LogP contribution >= 0.6 is 15.9 Å². The standard InChI is InChI=1S/C15H15BrN4/c1-10(17)8-11-6-7-12(9-13(11)16)20-15-5-3-2-4-14(15)18-19-20/h2-7,9-10H,8,17H2,1H3. The van der Waals surface area contributed by atoms with Crippen molar-refractivity contribution in [3.63, 3.8) is 0 Å². The Morgan fingerprint density at radius 1 is 1.25 bits per heavy atom. The fourth-order valence-electron chi connectivity index (χ4n) is 2.24. The molecular weight excluding hydrogens is 316 g/mol. The smallest absolute Gasteiger partial charge is 0.113 e. The largest absolute Gasteiger partial charge is 0.328 e. The molecule has 1 unspecified atom stereocenters. The van der Waals surface area contributed by atoms with Crippen molar-refractivity contribution in [1.29, 1.82) is 0 Å². The maximum atomic E-state index is 5.85. The van der Waals surface area contributed by atoms with Gasteiger partial charge in [-0.3, -0.25) is 0 Å². The van der Waals surface area contributed by atoms with Crippen LogP contribution in [0.3, 0.4) is 0 Å². The molecule has 0 bridgehead atoms. The molecule has 0 aliphatic heterocycles. The number of halogens is 1. The Morgan fingerprint density at radius 2 is 2.05 bits per heavy atom. The lowest BCUT2D eigenvalue weighted by Crippen LogP contribution is -2.18. The highest BCUT2D eigenvalue weighted by atomic mass is 79.9. The van der Waals surface area contributed by atoms with Crippen molar-refractivity contribution in [2.24, 2.45) is 5.73 Å². The molecule has 1 heterocycles. The first kappa shape index (κ1) is 13.3. The van der Waals surface area contributed by atoms with Crippen molar-refractivity contribution in [2.75, 3.05) is 0 Å². The van der Waals surface area contributed by atoms with Crippen LogP contribution in [0.25, 0.3) is 16.7 Å². The number of aromatic nitrogens is 3. The molecule has 102 valence electrons. The molecule has 4 nitrogen and oxygen atoms in total. The molecule has 5 heteroatoms. The van der Waals surface area contributed by atoms with Crippen molar-refractivity contribution in [3.8, 4) is 5.69 Å². The van der Waals surface area contributed by atoms with Crippen molar-refractivity contribution in [2.45, 2.75) is 19.4 Å². The van der Waals surface area contributed by atoms with Crippen LogP contribution in [-0.2, 0) is 6.42 Å². The summed E-state index contributed by atoms with van der Waals surface area (Å²) in [6.07, 6.45) is 0.846. The number of benzene rings is 2. The van der Waals surface area contributed by atoms with Gasteiger partial charge in [0.05, 0.1) is 11.2 Å². The average molecular weight is 331 g/mol. The van der Waals surface area contributed by atoms with E-state index in [-0.39, 0.29) is 6.04 Å². The second-order valence-electron chi connectivity index (χ2n) is 4.95. The predicted molar refractivity (Wildman–Crippen MR) is 83.9 cm³/mol. The van der Waals surface area contributed by atoms with E-state index in [0.29, 0.717) is 0 Å². The van der Waals surface area contributed by atoms with Crippen molar-refractivity contribution < 1.29 is 0 Å². The summed E-state index contributed by atoms with van der Waals surface area (Å²) >= 11 is 3.61. The molecule has 0 fully saturated rings. The maximum absolute atomic E-state index is 5.85. The molecule has 0 radical (unpaired) electrons. The molecule has 0 aliphatic carbocycles. The molecule has 20 heavy (non-hydrogen) atoms. The molecule has 3 rings (SSSR count). The third kappa shape index (κ3) is 2.46. The van der Waals surface area contributed by atoms with Crippen LogP contribution in [-0.4, -0.2) is 21.0 Å². The van der Waals surface area contributed by atoms with Crippen molar-refractivity contribution in [3.05, 3.63) is 52.5 Å². The number of rotatable bonds is 3. The van der Waals surface area contributed by atoms with E-state index in [9.17, 15) is 0 Å². The summed E-state index contributed by atoms with van der Waals surface area (Å²) in [5.74, 6) is 0.